The molecule has 0 radical (unpaired) electrons. The van der Waals surface area contributed by atoms with E-state index >= 15 is 0 Å². The molecule has 2 unspecified atom stereocenters. The highest BCUT2D eigenvalue weighted by molar-refractivity contribution is 5.94. The smallest absolute Gasteiger partial charge is 0.272 e. The number of aliphatic hydroxyl groups is 1. The largest absolute Gasteiger partial charge is 0.390 e. The molecule has 8 rings (SSSR count). The van der Waals surface area contributed by atoms with Gasteiger partial charge < -0.3 is 25.0 Å². The van der Waals surface area contributed by atoms with Gasteiger partial charge in [-0.05, 0) is 68.4 Å². The normalized spacial score (nSPS) is 33.3. The lowest BCUT2D eigenvalue weighted by Gasteiger charge is -2.58. The summed E-state index contributed by atoms with van der Waals surface area (Å²) in [5.41, 5.74) is 3.87. The zero-order chi connectivity index (χ0) is 23.7. The zero-order valence-corrected chi connectivity index (χ0v) is 20.4. The molecule has 35 heavy (non-hydrogen) atoms. The number of benzene rings is 1. The lowest BCUT2D eigenvalue weighted by atomic mass is 9.52. The van der Waals surface area contributed by atoms with Crippen LogP contribution in [0.2, 0.25) is 0 Å². The van der Waals surface area contributed by atoms with E-state index < -0.39 is 5.60 Å². The van der Waals surface area contributed by atoms with Crippen LogP contribution >= 0.6 is 0 Å². The first-order valence-corrected chi connectivity index (χ1v) is 13.3. The van der Waals surface area contributed by atoms with Gasteiger partial charge in [-0.25, -0.2) is 0 Å². The summed E-state index contributed by atoms with van der Waals surface area (Å²) < 4.78 is 7.39. The van der Waals surface area contributed by atoms with E-state index in [0.717, 1.165) is 77.2 Å². The summed E-state index contributed by atoms with van der Waals surface area (Å²) in [5.74, 6) is 2.28. The topological polar surface area (TPSA) is 82.9 Å². The highest BCUT2D eigenvalue weighted by Crippen LogP contribution is 2.55. The molecule has 8 nitrogen and oxygen atoms in total. The summed E-state index contributed by atoms with van der Waals surface area (Å²) in [6.45, 7) is 4.28. The average Bonchev–Trinajstić information content (AvgIpc) is 3.44. The average molecular weight is 478 g/mol. The molecule has 2 N–H and O–H groups in total. The van der Waals surface area contributed by atoms with Gasteiger partial charge in [0.25, 0.3) is 5.91 Å². The van der Waals surface area contributed by atoms with Crippen molar-refractivity contribution in [3.63, 3.8) is 0 Å². The third-order valence-electron chi connectivity index (χ3n) is 9.26. The number of aromatic nitrogens is 2. The molecular formula is C27H35N5O3. The second-order valence-electron chi connectivity index (χ2n) is 11.5. The van der Waals surface area contributed by atoms with Crippen molar-refractivity contribution in [1.82, 2.24) is 15.1 Å². The summed E-state index contributed by atoms with van der Waals surface area (Å²) in [7, 11) is 1.92. The number of morpholine rings is 1. The fourth-order valence-electron chi connectivity index (χ4n) is 8.02. The van der Waals surface area contributed by atoms with Gasteiger partial charge in [0.2, 0.25) is 0 Å². The van der Waals surface area contributed by atoms with E-state index in [4.69, 9.17) is 4.74 Å². The Labute approximate surface area is 206 Å². The predicted molar refractivity (Wildman–Crippen MR) is 133 cm³/mol. The predicted octanol–water partition coefficient (Wildman–Crippen LogP) is 2.62. The van der Waals surface area contributed by atoms with E-state index in [9.17, 15) is 9.90 Å². The third kappa shape index (κ3) is 3.56. The van der Waals surface area contributed by atoms with Crippen LogP contribution in [-0.2, 0) is 18.2 Å². The highest BCUT2D eigenvalue weighted by atomic mass is 16.5. The number of nitrogens with one attached hydrogen (secondary N) is 1. The van der Waals surface area contributed by atoms with E-state index in [1.54, 1.807) is 0 Å². The second kappa shape index (κ2) is 7.96. The molecule has 5 fully saturated rings. The number of fused-ring (bicyclic) bond motifs is 1. The molecule has 1 aromatic carbocycles. The van der Waals surface area contributed by atoms with E-state index in [0.29, 0.717) is 23.4 Å². The number of rotatable bonds is 4. The molecule has 1 aromatic heterocycles. The zero-order valence-electron chi connectivity index (χ0n) is 20.4. The highest BCUT2D eigenvalue weighted by Gasteiger charge is 2.55. The van der Waals surface area contributed by atoms with Gasteiger partial charge in [0.05, 0.1) is 18.8 Å². The minimum atomic E-state index is -0.487. The molecule has 2 atom stereocenters. The molecule has 186 valence electrons. The summed E-state index contributed by atoms with van der Waals surface area (Å²) in [6, 6.07) is 8.63. The Hall–Kier alpha value is -2.58. The SMILES string of the molecule is Cn1nc(C(=O)NC2C3CC4CC2CC(O)(C4)C3)cc1N1CCc2c(N3CCOCC3)cccc21. The molecule has 1 amide bonds. The minimum absolute atomic E-state index is 0.0854. The molecule has 1 saturated heterocycles. The quantitative estimate of drug-likeness (QED) is 0.705. The summed E-state index contributed by atoms with van der Waals surface area (Å²) in [4.78, 5) is 18.0. The number of hydrogen-bond donors (Lipinski definition) is 2. The maximum Gasteiger partial charge on any atom is 0.272 e. The van der Waals surface area contributed by atoms with Gasteiger partial charge in [0.1, 0.15) is 5.82 Å². The molecule has 0 spiro atoms. The Kier molecular flexibility index (Phi) is 4.93. The summed E-state index contributed by atoms with van der Waals surface area (Å²) in [5, 5.41) is 18.8. The van der Waals surface area contributed by atoms with Crippen LogP contribution in [0, 0.1) is 17.8 Å². The third-order valence-corrected chi connectivity index (χ3v) is 9.26. The maximum absolute atomic E-state index is 13.3. The van der Waals surface area contributed by atoms with Crippen molar-refractivity contribution in [2.45, 2.75) is 50.2 Å². The Morgan fingerprint density at radius 1 is 1.11 bits per heavy atom. The number of anilines is 3. The number of ether oxygens (including phenoxy) is 1. The van der Waals surface area contributed by atoms with Crippen molar-refractivity contribution in [3.05, 3.63) is 35.5 Å². The lowest BCUT2D eigenvalue weighted by molar-refractivity contribution is -0.136. The van der Waals surface area contributed by atoms with Crippen LogP contribution in [0.4, 0.5) is 17.2 Å². The van der Waals surface area contributed by atoms with Crippen LogP contribution in [0.5, 0.6) is 0 Å². The number of carbonyl (C=O) groups excluding carboxylic acids is 1. The molecule has 4 aliphatic carbocycles. The molecule has 2 aromatic rings. The number of amides is 1. The van der Waals surface area contributed by atoms with Crippen LogP contribution in [0.1, 0.15) is 48.2 Å². The molecule has 2 aliphatic heterocycles. The summed E-state index contributed by atoms with van der Waals surface area (Å²) >= 11 is 0. The van der Waals surface area contributed by atoms with Gasteiger partial charge in [-0.2, -0.15) is 5.10 Å². The summed E-state index contributed by atoms with van der Waals surface area (Å²) in [6.07, 6.45) is 5.85. The molecular weight excluding hydrogens is 442 g/mol. The Morgan fingerprint density at radius 2 is 1.86 bits per heavy atom. The van der Waals surface area contributed by atoms with Crippen molar-refractivity contribution >= 4 is 23.1 Å². The van der Waals surface area contributed by atoms with Crippen LogP contribution in [0.15, 0.2) is 24.3 Å². The van der Waals surface area contributed by atoms with Crippen molar-refractivity contribution in [2.24, 2.45) is 24.8 Å². The van der Waals surface area contributed by atoms with Gasteiger partial charge >= 0.3 is 0 Å². The van der Waals surface area contributed by atoms with E-state index in [-0.39, 0.29) is 11.9 Å². The van der Waals surface area contributed by atoms with E-state index in [1.807, 2.05) is 17.8 Å². The molecule has 8 heteroatoms. The van der Waals surface area contributed by atoms with Crippen molar-refractivity contribution in [2.75, 3.05) is 42.6 Å². The molecule has 6 aliphatic rings. The Morgan fingerprint density at radius 3 is 2.60 bits per heavy atom. The van der Waals surface area contributed by atoms with Crippen LogP contribution in [0.25, 0.3) is 0 Å². The monoisotopic (exact) mass is 477 g/mol. The standard InChI is InChI=1S/C27H35N5O3/c1-30-24(32-6-5-20-22(3-2-4-23(20)32)31-7-9-35-10-8-31)13-21(29-30)26(33)28-25-18-11-17-12-19(25)16-27(34,14-17)15-18/h2-4,13,17-19,25,34H,5-12,14-16H2,1H3,(H,28,33). The molecule has 4 saturated carbocycles. The number of aryl methyl sites for hydroxylation is 1. The van der Waals surface area contributed by atoms with E-state index in [1.165, 1.54) is 16.9 Å². The van der Waals surface area contributed by atoms with Gasteiger partial charge in [-0.3, -0.25) is 9.48 Å². The van der Waals surface area contributed by atoms with E-state index in [2.05, 4.69) is 38.4 Å². The number of carbonyl (C=O) groups is 1. The molecule has 3 heterocycles. The van der Waals surface area contributed by atoms with Crippen molar-refractivity contribution in [1.29, 1.82) is 0 Å². The fourth-order valence-corrected chi connectivity index (χ4v) is 8.02. The first-order valence-electron chi connectivity index (χ1n) is 13.3. The second-order valence-corrected chi connectivity index (χ2v) is 11.5. The van der Waals surface area contributed by atoms with Crippen LogP contribution < -0.4 is 15.1 Å². The van der Waals surface area contributed by atoms with Gasteiger partial charge in [-0.15, -0.1) is 0 Å². The van der Waals surface area contributed by atoms with Gasteiger partial charge in [-0.1, -0.05) is 6.07 Å². The minimum Gasteiger partial charge on any atom is -0.390 e. The lowest BCUT2D eigenvalue weighted by Crippen LogP contribution is -2.61. The first-order chi connectivity index (χ1) is 17.0. The molecule has 4 bridgehead atoms. The number of nitrogens with zero attached hydrogens (tertiary/aromatic N) is 4. The Bertz CT molecular complexity index is 1140. The number of hydrogen-bond acceptors (Lipinski definition) is 6. The first kappa shape index (κ1) is 21.7. The van der Waals surface area contributed by atoms with Crippen molar-refractivity contribution in [3.8, 4) is 0 Å². The van der Waals surface area contributed by atoms with Crippen LogP contribution in [0.3, 0.4) is 0 Å². The van der Waals surface area contributed by atoms with Crippen LogP contribution in [-0.4, -0.2) is 65.3 Å². The van der Waals surface area contributed by atoms with Gasteiger partial charge in [0.15, 0.2) is 5.69 Å². The van der Waals surface area contributed by atoms with Gasteiger partial charge in [0, 0.05) is 55.7 Å². The Balaban J connectivity index is 1.11. The van der Waals surface area contributed by atoms with Crippen molar-refractivity contribution < 1.29 is 14.6 Å². The fraction of sp³-hybridized carbons (Fsp3) is 0.630. The maximum atomic E-state index is 13.3.